The van der Waals surface area contributed by atoms with Gasteiger partial charge in [0.05, 0.1) is 0 Å². The summed E-state index contributed by atoms with van der Waals surface area (Å²) in [7, 11) is 0. The Morgan fingerprint density at radius 1 is 1.30 bits per heavy atom. The van der Waals surface area contributed by atoms with Gasteiger partial charge in [-0.05, 0) is 57.4 Å². The predicted octanol–water partition coefficient (Wildman–Crippen LogP) is 2.83. The molecule has 0 spiro atoms. The third-order valence-electron chi connectivity index (χ3n) is 4.07. The number of nitrogens with two attached hydrogens (primary N) is 1. The van der Waals surface area contributed by atoms with E-state index in [0.717, 1.165) is 25.3 Å². The Hall–Kier alpha value is -1.06. The van der Waals surface area contributed by atoms with Crippen molar-refractivity contribution in [1.29, 1.82) is 0 Å². The van der Waals surface area contributed by atoms with E-state index in [4.69, 9.17) is 10.5 Å². The quantitative estimate of drug-likeness (QED) is 0.868. The second-order valence-electron chi connectivity index (χ2n) is 6.05. The van der Waals surface area contributed by atoms with E-state index in [1.165, 1.54) is 31.4 Å². The number of piperidine rings is 1. The van der Waals surface area contributed by atoms with Gasteiger partial charge in [0.1, 0.15) is 12.4 Å². The van der Waals surface area contributed by atoms with Gasteiger partial charge < -0.3 is 10.5 Å². The standard InChI is InChI=1S/C17H28N2O/c1-14(18)13-16-6-8-17(9-7-16)20-12-11-19-10-4-3-5-15(19)2/h6-9,14-15H,3-5,10-13,18H2,1-2H3. The Morgan fingerprint density at radius 3 is 2.70 bits per heavy atom. The van der Waals surface area contributed by atoms with Crippen LogP contribution in [0.15, 0.2) is 24.3 Å². The van der Waals surface area contributed by atoms with Crippen LogP contribution >= 0.6 is 0 Å². The van der Waals surface area contributed by atoms with E-state index < -0.39 is 0 Å². The summed E-state index contributed by atoms with van der Waals surface area (Å²) in [4.78, 5) is 2.54. The Balaban J connectivity index is 1.73. The van der Waals surface area contributed by atoms with E-state index in [2.05, 4.69) is 36.1 Å². The number of hydrogen-bond acceptors (Lipinski definition) is 3. The summed E-state index contributed by atoms with van der Waals surface area (Å²) in [6.45, 7) is 7.38. The summed E-state index contributed by atoms with van der Waals surface area (Å²) in [5, 5.41) is 0. The highest BCUT2D eigenvalue weighted by molar-refractivity contribution is 5.27. The van der Waals surface area contributed by atoms with Crippen LogP contribution in [0, 0.1) is 0 Å². The fourth-order valence-corrected chi connectivity index (χ4v) is 2.86. The van der Waals surface area contributed by atoms with E-state index >= 15 is 0 Å². The topological polar surface area (TPSA) is 38.5 Å². The predicted molar refractivity (Wildman–Crippen MR) is 84.2 cm³/mol. The largest absolute Gasteiger partial charge is 0.492 e. The maximum atomic E-state index is 5.84. The lowest BCUT2D eigenvalue weighted by Crippen LogP contribution is -2.39. The van der Waals surface area contributed by atoms with E-state index in [9.17, 15) is 0 Å². The maximum Gasteiger partial charge on any atom is 0.119 e. The van der Waals surface area contributed by atoms with Crippen molar-refractivity contribution in [3.8, 4) is 5.75 Å². The van der Waals surface area contributed by atoms with Gasteiger partial charge in [0, 0.05) is 18.6 Å². The summed E-state index contributed by atoms with van der Waals surface area (Å²) in [6, 6.07) is 9.25. The molecule has 1 heterocycles. The average Bonchev–Trinajstić information content (AvgIpc) is 2.42. The molecule has 1 fully saturated rings. The van der Waals surface area contributed by atoms with Crippen LogP contribution in [0.2, 0.25) is 0 Å². The normalized spacial score (nSPS) is 21.6. The van der Waals surface area contributed by atoms with Crippen LogP contribution in [0.3, 0.4) is 0 Å². The number of likely N-dealkylation sites (tertiary alicyclic amines) is 1. The van der Waals surface area contributed by atoms with E-state index in [1.807, 2.05) is 6.92 Å². The van der Waals surface area contributed by atoms with E-state index in [1.54, 1.807) is 0 Å². The van der Waals surface area contributed by atoms with Gasteiger partial charge in [0.2, 0.25) is 0 Å². The molecule has 0 saturated carbocycles. The van der Waals surface area contributed by atoms with Gasteiger partial charge >= 0.3 is 0 Å². The van der Waals surface area contributed by atoms with Crippen molar-refractivity contribution < 1.29 is 4.74 Å². The summed E-state index contributed by atoms with van der Waals surface area (Å²) in [5.41, 5.74) is 7.08. The fraction of sp³-hybridized carbons (Fsp3) is 0.647. The molecule has 0 bridgehead atoms. The molecule has 3 nitrogen and oxygen atoms in total. The number of benzene rings is 1. The third kappa shape index (κ3) is 4.80. The first kappa shape index (κ1) is 15.3. The highest BCUT2D eigenvalue weighted by atomic mass is 16.5. The van der Waals surface area contributed by atoms with Crippen LogP contribution in [0.1, 0.15) is 38.7 Å². The molecule has 2 atom stereocenters. The van der Waals surface area contributed by atoms with Crippen LogP contribution < -0.4 is 10.5 Å². The molecule has 1 aliphatic rings. The van der Waals surface area contributed by atoms with Crippen LogP contribution in [0.5, 0.6) is 5.75 Å². The molecule has 0 radical (unpaired) electrons. The molecule has 3 heteroatoms. The molecule has 0 aliphatic carbocycles. The van der Waals surface area contributed by atoms with E-state index in [-0.39, 0.29) is 6.04 Å². The molecule has 2 rings (SSSR count). The Morgan fingerprint density at radius 2 is 2.05 bits per heavy atom. The summed E-state index contributed by atoms with van der Waals surface area (Å²) in [5.74, 6) is 0.961. The first-order valence-electron chi connectivity index (χ1n) is 7.86. The molecule has 1 aliphatic heterocycles. The Labute approximate surface area is 123 Å². The zero-order valence-corrected chi connectivity index (χ0v) is 12.8. The number of rotatable bonds is 6. The number of ether oxygens (including phenoxy) is 1. The van der Waals surface area contributed by atoms with Crippen LogP contribution in [0.4, 0.5) is 0 Å². The molecule has 1 saturated heterocycles. The van der Waals surface area contributed by atoms with Gasteiger partial charge in [-0.3, -0.25) is 4.90 Å². The van der Waals surface area contributed by atoms with Gasteiger partial charge in [-0.25, -0.2) is 0 Å². The lowest BCUT2D eigenvalue weighted by atomic mass is 10.0. The molecular weight excluding hydrogens is 248 g/mol. The lowest BCUT2D eigenvalue weighted by molar-refractivity contribution is 0.133. The molecule has 0 aromatic heterocycles. The number of hydrogen-bond donors (Lipinski definition) is 1. The van der Waals surface area contributed by atoms with Crippen molar-refractivity contribution in [2.24, 2.45) is 5.73 Å². The van der Waals surface area contributed by atoms with Crippen molar-refractivity contribution in [2.75, 3.05) is 19.7 Å². The van der Waals surface area contributed by atoms with Crippen molar-refractivity contribution in [3.05, 3.63) is 29.8 Å². The van der Waals surface area contributed by atoms with Crippen molar-refractivity contribution in [2.45, 2.75) is 51.6 Å². The SMILES string of the molecule is CC(N)Cc1ccc(OCCN2CCCCC2C)cc1. The second kappa shape index (κ2) is 7.65. The van der Waals surface area contributed by atoms with Gasteiger partial charge in [-0.1, -0.05) is 18.6 Å². The van der Waals surface area contributed by atoms with Gasteiger partial charge in [-0.2, -0.15) is 0 Å². The van der Waals surface area contributed by atoms with Crippen LogP contribution in [-0.4, -0.2) is 36.7 Å². The first-order chi connectivity index (χ1) is 9.65. The first-order valence-corrected chi connectivity index (χ1v) is 7.86. The van der Waals surface area contributed by atoms with Crippen LogP contribution in [-0.2, 0) is 6.42 Å². The van der Waals surface area contributed by atoms with E-state index in [0.29, 0.717) is 6.04 Å². The minimum atomic E-state index is 0.211. The Kier molecular flexibility index (Phi) is 5.86. The smallest absolute Gasteiger partial charge is 0.119 e. The maximum absolute atomic E-state index is 5.84. The monoisotopic (exact) mass is 276 g/mol. The summed E-state index contributed by atoms with van der Waals surface area (Å²) < 4.78 is 5.84. The lowest BCUT2D eigenvalue weighted by Gasteiger charge is -2.33. The summed E-state index contributed by atoms with van der Waals surface area (Å²) >= 11 is 0. The van der Waals surface area contributed by atoms with Crippen molar-refractivity contribution in [1.82, 2.24) is 4.90 Å². The molecule has 20 heavy (non-hydrogen) atoms. The Bertz CT molecular complexity index is 388. The molecule has 2 unspecified atom stereocenters. The molecular formula is C17H28N2O. The third-order valence-corrected chi connectivity index (χ3v) is 4.07. The van der Waals surface area contributed by atoms with Gasteiger partial charge in [0.15, 0.2) is 0 Å². The number of nitrogens with zero attached hydrogens (tertiary/aromatic N) is 1. The minimum absolute atomic E-state index is 0.211. The molecule has 1 aromatic rings. The molecule has 0 amide bonds. The molecule has 1 aromatic carbocycles. The zero-order valence-electron chi connectivity index (χ0n) is 12.8. The highest BCUT2D eigenvalue weighted by Crippen LogP contribution is 2.17. The van der Waals surface area contributed by atoms with Crippen molar-refractivity contribution >= 4 is 0 Å². The fourth-order valence-electron chi connectivity index (χ4n) is 2.86. The van der Waals surface area contributed by atoms with Crippen molar-refractivity contribution in [3.63, 3.8) is 0 Å². The zero-order chi connectivity index (χ0) is 14.4. The minimum Gasteiger partial charge on any atom is -0.492 e. The summed E-state index contributed by atoms with van der Waals surface area (Å²) in [6.07, 6.45) is 4.95. The van der Waals surface area contributed by atoms with Gasteiger partial charge in [-0.15, -0.1) is 0 Å². The average molecular weight is 276 g/mol. The second-order valence-corrected chi connectivity index (χ2v) is 6.05. The molecule has 112 valence electrons. The highest BCUT2D eigenvalue weighted by Gasteiger charge is 2.17. The molecule has 2 N–H and O–H groups in total. The van der Waals surface area contributed by atoms with Gasteiger partial charge in [0.25, 0.3) is 0 Å². The van der Waals surface area contributed by atoms with Crippen LogP contribution in [0.25, 0.3) is 0 Å².